The molecule has 0 atom stereocenters. The molecular formula is C16H14O3S. The molecule has 0 amide bonds. The molecule has 0 spiro atoms. The van der Waals surface area contributed by atoms with Crippen molar-refractivity contribution in [3.8, 4) is 11.5 Å². The summed E-state index contributed by atoms with van der Waals surface area (Å²) >= 11 is 1.55. The van der Waals surface area contributed by atoms with E-state index in [9.17, 15) is 4.79 Å². The molecule has 0 N–H and O–H groups in total. The number of hydrogen-bond donors (Lipinski definition) is 0. The van der Waals surface area contributed by atoms with E-state index < -0.39 is 0 Å². The van der Waals surface area contributed by atoms with Crippen LogP contribution in [0.15, 0.2) is 47.4 Å². The summed E-state index contributed by atoms with van der Waals surface area (Å²) in [5.41, 5.74) is 1.86. The normalized spacial score (nSPS) is 12.4. The second-order valence-corrected chi connectivity index (χ2v) is 5.65. The van der Waals surface area contributed by atoms with E-state index in [2.05, 4.69) is 6.07 Å². The molecule has 3 nitrogen and oxygen atoms in total. The SMILES string of the molecule is Cc1cccc(SCC(=O)c2ccc3c(c2)OCO3)c1. The van der Waals surface area contributed by atoms with Gasteiger partial charge in [0.2, 0.25) is 6.79 Å². The lowest BCUT2D eigenvalue weighted by molar-refractivity contribution is 0.102. The Morgan fingerprint density at radius 2 is 2.00 bits per heavy atom. The van der Waals surface area contributed by atoms with Crippen molar-refractivity contribution in [3.63, 3.8) is 0 Å². The molecule has 0 bridgehead atoms. The fourth-order valence-corrected chi connectivity index (χ4v) is 2.92. The van der Waals surface area contributed by atoms with Gasteiger partial charge in [-0.2, -0.15) is 0 Å². The van der Waals surface area contributed by atoms with Gasteiger partial charge in [-0.1, -0.05) is 17.7 Å². The highest BCUT2D eigenvalue weighted by molar-refractivity contribution is 8.00. The van der Waals surface area contributed by atoms with Crippen molar-refractivity contribution in [2.45, 2.75) is 11.8 Å². The molecule has 0 unspecified atom stereocenters. The van der Waals surface area contributed by atoms with Gasteiger partial charge in [-0.25, -0.2) is 0 Å². The number of thioether (sulfide) groups is 1. The number of carbonyl (C=O) groups is 1. The van der Waals surface area contributed by atoms with Crippen molar-refractivity contribution in [1.82, 2.24) is 0 Å². The van der Waals surface area contributed by atoms with Crippen LogP contribution in [-0.4, -0.2) is 18.3 Å². The van der Waals surface area contributed by atoms with E-state index in [1.165, 1.54) is 5.56 Å². The van der Waals surface area contributed by atoms with Gasteiger partial charge in [0.25, 0.3) is 0 Å². The Balaban J connectivity index is 1.67. The minimum absolute atomic E-state index is 0.0924. The van der Waals surface area contributed by atoms with Crippen molar-refractivity contribution in [3.05, 3.63) is 53.6 Å². The van der Waals surface area contributed by atoms with E-state index in [0.29, 0.717) is 22.8 Å². The fraction of sp³-hybridized carbons (Fsp3) is 0.188. The lowest BCUT2D eigenvalue weighted by Crippen LogP contribution is -2.02. The van der Waals surface area contributed by atoms with E-state index in [1.54, 1.807) is 30.0 Å². The summed E-state index contributed by atoms with van der Waals surface area (Å²) in [5, 5.41) is 0. The van der Waals surface area contributed by atoms with E-state index in [4.69, 9.17) is 9.47 Å². The Morgan fingerprint density at radius 1 is 1.15 bits per heavy atom. The number of benzene rings is 2. The van der Waals surface area contributed by atoms with Gasteiger partial charge in [0, 0.05) is 10.5 Å². The first-order chi connectivity index (χ1) is 9.72. The second kappa shape index (κ2) is 5.59. The summed E-state index contributed by atoms with van der Waals surface area (Å²) in [7, 11) is 0. The van der Waals surface area contributed by atoms with Gasteiger partial charge in [0.15, 0.2) is 17.3 Å². The molecule has 0 aliphatic carbocycles. The molecule has 1 aliphatic rings. The Morgan fingerprint density at radius 3 is 2.85 bits per heavy atom. The van der Waals surface area contributed by atoms with Gasteiger partial charge in [-0.3, -0.25) is 4.79 Å². The van der Waals surface area contributed by atoms with Gasteiger partial charge in [0.1, 0.15) is 0 Å². The summed E-state index contributed by atoms with van der Waals surface area (Å²) in [6, 6.07) is 13.5. The molecule has 2 aromatic carbocycles. The Labute approximate surface area is 121 Å². The zero-order chi connectivity index (χ0) is 13.9. The smallest absolute Gasteiger partial charge is 0.231 e. The maximum Gasteiger partial charge on any atom is 0.231 e. The minimum Gasteiger partial charge on any atom is -0.454 e. The van der Waals surface area contributed by atoms with Crippen molar-refractivity contribution >= 4 is 17.5 Å². The van der Waals surface area contributed by atoms with Crippen LogP contribution in [-0.2, 0) is 0 Å². The standard InChI is InChI=1S/C16H14O3S/c1-11-3-2-4-13(7-11)20-9-14(17)12-5-6-15-16(8-12)19-10-18-15/h2-8H,9-10H2,1H3. The van der Waals surface area contributed by atoms with Crippen LogP contribution in [0.25, 0.3) is 0 Å². The third kappa shape index (κ3) is 2.80. The summed E-state index contributed by atoms with van der Waals surface area (Å²) in [5.74, 6) is 1.86. The third-order valence-electron chi connectivity index (χ3n) is 3.05. The molecule has 0 saturated heterocycles. The van der Waals surface area contributed by atoms with E-state index >= 15 is 0 Å². The number of hydrogen-bond acceptors (Lipinski definition) is 4. The van der Waals surface area contributed by atoms with Crippen LogP contribution in [0.2, 0.25) is 0 Å². The topological polar surface area (TPSA) is 35.5 Å². The van der Waals surface area contributed by atoms with Gasteiger partial charge in [-0.15, -0.1) is 11.8 Å². The zero-order valence-electron chi connectivity index (χ0n) is 11.1. The average Bonchev–Trinajstić information content (AvgIpc) is 2.92. The van der Waals surface area contributed by atoms with Crippen LogP contribution < -0.4 is 9.47 Å². The number of rotatable bonds is 4. The van der Waals surface area contributed by atoms with Crippen LogP contribution in [0.4, 0.5) is 0 Å². The summed E-state index contributed by atoms with van der Waals surface area (Å²) in [6.45, 7) is 2.27. The summed E-state index contributed by atoms with van der Waals surface area (Å²) in [4.78, 5) is 13.3. The van der Waals surface area contributed by atoms with E-state index in [1.807, 2.05) is 25.1 Å². The van der Waals surface area contributed by atoms with Gasteiger partial charge < -0.3 is 9.47 Å². The first-order valence-electron chi connectivity index (χ1n) is 6.35. The predicted molar refractivity (Wildman–Crippen MR) is 78.8 cm³/mol. The molecule has 3 rings (SSSR count). The van der Waals surface area contributed by atoms with Gasteiger partial charge in [-0.05, 0) is 37.3 Å². The monoisotopic (exact) mass is 286 g/mol. The number of aryl methyl sites for hydroxylation is 1. The number of Topliss-reactive ketones (excluding diaryl/α,β-unsaturated/α-hetero) is 1. The summed E-state index contributed by atoms with van der Waals surface area (Å²) < 4.78 is 10.5. The van der Waals surface area contributed by atoms with E-state index in [-0.39, 0.29) is 12.6 Å². The van der Waals surface area contributed by atoms with Crippen LogP contribution >= 0.6 is 11.8 Å². The van der Waals surface area contributed by atoms with Crippen LogP contribution in [0.3, 0.4) is 0 Å². The molecule has 102 valence electrons. The fourth-order valence-electron chi connectivity index (χ4n) is 2.01. The summed E-state index contributed by atoms with van der Waals surface area (Å²) in [6.07, 6.45) is 0. The van der Waals surface area contributed by atoms with Crippen LogP contribution in [0.1, 0.15) is 15.9 Å². The highest BCUT2D eigenvalue weighted by atomic mass is 32.2. The molecule has 0 fully saturated rings. The van der Waals surface area contributed by atoms with Crippen molar-refractivity contribution in [2.24, 2.45) is 0 Å². The number of ketones is 1. The lowest BCUT2D eigenvalue weighted by atomic mass is 10.1. The van der Waals surface area contributed by atoms with Crippen molar-refractivity contribution in [2.75, 3.05) is 12.5 Å². The molecule has 0 aromatic heterocycles. The van der Waals surface area contributed by atoms with Gasteiger partial charge in [0.05, 0.1) is 5.75 Å². The Bertz CT molecular complexity index is 652. The minimum atomic E-state index is 0.0924. The highest BCUT2D eigenvalue weighted by Crippen LogP contribution is 2.33. The van der Waals surface area contributed by atoms with E-state index in [0.717, 1.165) is 4.90 Å². The molecule has 2 aromatic rings. The molecule has 1 aliphatic heterocycles. The molecular weight excluding hydrogens is 272 g/mol. The Hall–Kier alpha value is -1.94. The van der Waals surface area contributed by atoms with Crippen LogP contribution in [0.5, 0.6) is 11.5 Å². The molecule has 1 heterocycles. The van der Waals surface area contributed by atoms with Crippen molar-refractivity contribution in [1.29, 1.82) is 0 Å². The average molecular weight is 286 g/mol. The second-order valence-electron chi connectivity index (χ2n) is 4.60. The molecule has 4 heteroatoms. The Kier molecular flexibility index (Phi) is 3.65. The maximum absolute atomic E-state index is 12.2. The lowest BCUT2D eigenvalue weighted by Gasteiger charge is -2.04. The van der Waals surface area contributed by atoms with Crippen LogP contribution in [0, 0.1) is 6.92 Å². The van der Waals surface area contributed by atoms with Crippen molar-refractivity contribution < 1.29 is 14.3 Å². The number of fused-ring (bicyclic) bond motifs is 1. The largest absolute Gasteiger partial charge is 0.454 e. The maximum atomic E-state index is 12.2. The zero-order valence-corrected chi connectivity index (χ0v) is 11.9. The predicted octanol–water partition coefficient (Wildman–Crippen LogP) is 3.70. The third-order valence-corrected chi connectivity index (χ3v) is 4.05. The number of ether oxygens (including phenoxy) is 2. The first-order valence-corrected chi connectivity index (χ1v) is 7.33. The molecule has 0 radical (unpaired) electrons. The quantitative estimate of drug-likeness (QED) is 0.634. The number of carbonyl (C=O) groups excluding carboxylic acids is 1. The molecule has 0 saturated carbocycles. The van der Waals surface area contributed by atoms with Gasteiger partial charge >= 0.3 is 0 Å². The first kappa shape index (κ1) is 13.1. The molecule has 20 heavy (non-hydrogen) atoms. The highest BCUT2D eigenvalue weighted by Gasteiger charge is 2.16.